The van der Waals surface area contributed by atoms with Crippen LogP contribution in [-0.4, -0.2) is 6.29 Å². The molecule has 0 radical (unpaired) electrons. The maximum absolute atomic E-state index is 10.7. The molecule has 0 aliphatic rings. The number of unbranched alkanes of at least 4 members (excludes halogenated alkanes) is 2. The third kappa shape index (κ3) is 2.94. The largest absolute Gasteiger partial charge is 0.298 e. The zero-order chi connectivity index (χ0) is 12.1. The lowest BCUT2D eigenvalue weighted by atomic mass is 10.0. The van der Waals surface area contributed by atoms with Crippen molar-refractivity contribution in [2.45, 2.75) is 32.6 Å². The van der Waals surface area contributed by atoms with Crippen LogP contribution in [0.5, 0.6) is 0 Å². The molecule has 0 amide bonds. The summed E-state index contributed by atoms with van der Waals surface area (Å²) in [4.78, 5) is 10.7. The van der Waals surface area contributed by atoms with Crippen LogP contribution in [0.3, 0.4) is 0 Å². The van der Waals surface area contributed by atoms with Crippen molar-refractivity contribution < 1.29 is 4.79 Å². The summed E-state index contributed by atoms with van der Waals surface area (Å²) in [7, 11) is 0. The molecule has 0 fully saturated rings. The van der Waals surface area contributed by atoms with E-state index in [0.717, 1.165) is 23.7 Å². The highest BCUT2D eigenvalue weighted by Crippen LogP contribution is 2.18. The number of carbonyl (C=O) groups excluding carboxylic acids is 1. The van der Waals surface area contributed by atoms with E-state index in [1.165, 1.54) is 30.2 Å². The second kappa shape index (κ2) is 5.62. The molecule has 0 atom stereocenters. The molecule has 0 saturated carbocycles. The molecule has 0 bridgehead atoms. The van der Waals surface area contributed by atoms with E-state index >= 15 is 0 Å². The van der Waals surface area contributed by atoms with E-state index < -0.39 is 0 Å². The molecular weight excluding hydrogens is 208 g/mol. The van der Waals surface area contributed by atoms with Crippen molar-refractivity contribution in [2.75, 3.05) is 0 Å². The average molecular weight is 226 g/mol. The highest BCUT2D eigenvalue weighted by molar-refractivity contribution is 5.89. The summed E-state index contributed by atoms with van der Waals surface area (Å²) in [5.41, 5.74) is 2.14. The van der Waals surface area contributed by atoms with Gasteiger partial charge in [0.15, 0.2) is 0 Å². The molecular formula is C16H18O. The van der Waals surface area contributed by atoms with Crippen molar-refractivity contribution in [3.63, 3.8) is 0 Å². The Morgan fingerprint density at radius 3 is 2.53 bits per heavy atom. The van der Waals surface area contributed by atoms with Crippen molar-refractivity contribution in [3.8, 4) is 0 Å². The summed E-state index contributed by atoms with van der Waals surface area (Å²) in [6.45, 7) is 2.22. The van der Waals surface area contributed by atoms with E-state index in [9.17, 15) is 4.79 Å². The van der Waals surface area contributed by atoms with Gasteiger partial charge in [0.25, 0.3) is 0 Å². The van der Waals surface area contributed by atoms with Crippen LogP contribution in [0.4, 0.5) is 0 Å². The number of hydrogen-bond donors (Lipinski definition) is 0. The smallest absolute Gasteiger partial charge is 0.150 e. The monoisotopic (exact) mass is 226 g/mol. The van der Waals surface area contributed by atoms with Crippen LogP contribution in [0, 0.1) is 0 Å². The first-order valence-corrected chi connectivity index (χ1v) is 6.31. The summed E-state index contributed by atoms with van der Waals surface area (Å²) in [5, 5.41) is 2.37. The Balaban J connectivity index is 2.22. The van der Waals surface area contributed by atoms with Gasteiger partial charge in [0.1, 0.15) is 6.29 Å². The predicted molar refractivity (Wildman–Crippen MR) is 72.6 cm³/mol. The van der Waals surface area contributed by atoms with Gasteiger partial charge in [-0.1, -0.05) is 50.1 Å². The fourth-order valence-electron chi connectivity index (χ4n) is 2.12. The molecule has 0 N–H and O–H groups in total. The first-order valence-electron chi connectivity index (χ1n) is 6.31. The summed E-state index contributed by atoms with van der Waals surface area (Å²) in [5.74, 6) is 0. The number of aryl methyl sites for hydroxylation is 1. The quantitative estimate of drug-likeness (QED) is 0.546. The third-order valence-electron chi connectivity index (χ3n) is 3.13. The molecule has 0 heterocycles. The zero-order valence-corrected chi connectivity index (χ0v) is 10.3. The van der Waals surface area contributed by atoms with Crippen LogP contribution in [0.1, 0.15) is 42.1 Å². The van der Waals surface area contributed by atoms with Crippen molar-refractivity contribution in [2.24, 2.45) is 0 Å². The number of aldehydes is 1. The highest BCUT2D eigenvalue weighted by Gasteiger charge is 1.98. The molecule has 0 aromatic heterocycles. The standard InChI is InChI=1S/C16H18O/c1-2-3-4-5-13-6-8-16-11-14(12-17)7-9-15(16)10-13/h6-12H,2-5H2,1H3. The minimum absolute atomic E-state index is 0.747. The Morgan fingerprint density at radius 2 is 1.76 bits per heavy atom. The molecule has 0 unspecified atom stereocenters. The first kappa shape index (κ1) is 11.8. The summed E-state index contributed by atoms with van der Waals surface area (Å²) >= 11 is 0. The van der Waals surface area contributed by atoms with E-state index in [0.29, 0.717) is 0 Å². The minimum Gasteiger partial charge on any atom is -0.298 e. The summed E-state index contributed by atoms with van der Waals surface area (Å²) in [6.07, 6.45) is 5.86. The number of fused-ring (bicyclic) bond motifs is 1. The van der Waals surface area contributed by atoms with Crippen LogP contribution in [0.15, 0.2) is 36.4 Å². The molecule has 17 heavy (non-hydrogen) atoms. The number of hydrogen-bond acceptors (Lipinski definition) is 1. The molecule has 2 aromatic rings. The lowest BCUT2D eigenvalue weighted by Crippen LogP contribution is -1.86. The fraction of sp³-hybridized carbons (Fsp3) is 0.312. The van der Waals surface area contributed by atoms with Gasteiger partial charge < -0.3 is 0 Å². The maximum atomic E-state index is 10.7. The molecule has 0 saturated heterocycles. The van der Waals surface area contributed by atoms with E-state index in [4.69, 9.17) is 0 Å². The van der Waals surface area contributed by atoms with E-state index in [2.05, 4.69) is 25.1 Å². The Kier molecular flexibility index (Phi) is 3.92. The second-order valence-corrected chi connectivity index (χ2v) is 4.52. The third-order valence-corrected chi connectivity index (χ3v) is 3.13. The van der Waals surface area contributed by atoms with Gasteiger partial charge in [0.05, 0.1) is 0 Å². The van der Waals surface area contributed by atoms with E-state index in [1.807, 2.05) is 18.2 Å². The van der Waals surface area contributed by atoms with Crippen molar-refractivity contribution in [3.05, 3.63) is 47.5 Å². The SMILES string of the molecule is CCCCCc1ccc2cc(C=O)ccc2c1. The summed E-state index contributed by atoms with van der Waals surface area (Å²) in [6, 6.07) is 12.4. The maximum Gasteiger partial charge on any atom is 0.150 e. The normalized spacial score (nSPS) is 10.6. The van der Waals surface area contributed by atoms with Gasteiger partial charge >= 0.3 is 0 Å². The van der Waals surface area contributed by atoms with Crippen LogP contribution in [-0.2, 0) is 6.42 Å². The predicted octanol–water partition coefficient (Wildman–Crippen LogP) is 4.39. The zero-order valence-electron chi connectivity index (χ0n) is 10.3. The molecule has 0 spiro atoms. The Bertz CT molecular complexity index is 514. The molecule has 1 nitrogen and oxygen atoms in total. The van der Waals surface area contributed by atoms with Crippen molar-refractivity contribution in [1.82, 2.24) is 0 Å². The second-order valence-electron chi connectivity index (χ2n) is 4.52. The van der Waals surface area contributed by atoms with Crippen LogP contribution >= 0.6 is 0 Å². The van der Waals surface area contributed by atoms with Crippen LogP contribution in [0.25, 0.3) is 10.8 Å². The lowest BCUT2D eigenvalue weighted by Gasteiger charge is -2.04. The lowest BCUT2D eigenvalue weighted by molar-refractivity contribution is 0.112. The minimum atomic E-state index is 0.747. The van der Waals surface area contributed by atoms with Gasteiger partial charge in [-0.3, -0.25) is 4.79 Å². The number of benzene rings is 2. The molecule has 1 heteroatoms. The number of carbonyl (C=O) groups is 1. The highest BCUT2D eigenvalue weighted by atomic mass is 16.1. The van der Waals surface area contributed by atoms with Gasteiger partial charge in [-0.25, -0.2) is 0 Å². The molecule has 88 valence electrons. The van der Waals surface area contributed by atoms with Gasteiger partial charge in [0.2, 0.25) is 0 Å². The Labute approximate surface area is 102 Å². The van der Waals surface area contributed by atoms with Crippen molar-refractivity contribution in [1.29, 1.82) is 0 Å². The Morgan fingerprint density at radius 1 is 1.00 bits per heavy atom. The molecule has 0 aliphatic heterocycles. The van der Waals surface area contributed by atoms with Crippen molar-refractivity contribution >= 4 is 17.1 Å². The van der Waals surface area contributed by atoms with E-state index in [-0.39, 0.29) is 0 Å². The van der Waals surface area contributed by atoms with Gasteiger partial charge in [-0.15, -0.1) is 0 Å². The van der Waals surface area contributed by atoms with Gasteiger partial charge in [0, 0.05) is 5.56 Å². The first-order chi connectivity index (χ1) is 8.33. The topological polar surface area (TPSA) is 17.1 Å². The Hall–Kier alpha value is -1.63. The molecule has 2 rings (SSSR count). The average Bonchev–Trinajstić information content (AvgIpc) is 2.38. The number of rotatable bonds is 5. The summed E-state index contributed by atoms with van der Waals surface area (Å²) < 4.78 is 0. The van der Waals surface area contributed by atoms with Crippen LogP contribution in [0.2, 0.25) is 0 Å². The molecule has 2 aromatic carbocycles. The van der Waals surface area contributed by atoms with Gasteiger partial charge in [-0.2, -0.15) is 0 Å². The van der Waals surface area contributed by atoms with Gasteiger partial charge in [-0.05, 0) is 35.2 Å². The van der Waals surface area contributed by atoms with Crippen LogP contribution < -0.4 is 0 Å². The fourth-order valence-corrected chi connectivity index (χ4v) is 2.12. The molecule has 0 aliphatic carbocycles. The van der Waals surface area contributed by atoms with E-state index in [1.54, 1.807) is 0 Å².